The number of benzene rings is 2. The minimum atomic E-state index is -0.418. The van der Waals surface area contributed by atoms with Crippen molar-refractivity contribution in [2.75, 3.05) is 12.4 Å². The predicted molar refractivity (Wildman–Crippen MR) is 103 cm³/mol. The maximum Gasteiger partial charge on any atom is 0.336 e. The Morgan fingerprint density at radius 3 is 2.58 bits per heavy atom. The summed E-state index contributed by atoms with van der Waals surface area (Å²) in [4.78, 5) is 25.2. The smallest absolute Gasteiger partial charge is 0.336 e. The number of nitrogens with zero attached hydrogens (tertiary/aromatic N) is 1. The van der Waals surface area contributed by atoms with Gasteiger partial charge in [0.15, 0.2) is 0 Å². The molecule has 3 aromatic rings. The van der Waals surface area contributed by atoms with Crippen molar-refractivity contribution >= 4 is 34.2 Å². The van der Waals surface area contributed by atoms with Crippen LogP contribution in [0.1, 0.15) is 18.1 Å². The van der Waals surface area contributed by atoms with Gasteiger partial charge in [-0.25, -0.2) is 4.79 Å². The van der Waals surface area contributed by atoms with Crippen molar-refractivity contribution in [1.82, 2.24) is 4.90 Å². The molecule has 1 amide bonds. The molecule has 2 aromatic carbocycles. The summed E-state index contributed by atoms with van der Waals surface area (Å²) in [5.74, 6) is -0.178. The minimum Gasteiger partial charge on any atom is -0.423 e. The van der Waals surface area contributed by atoms with Crippen molar-refractivity contribution in [3.05, 3.63) is 75.1 Å². The van der Waals surface area contributed by atoms with Gasteiger partial charge in [-0.2, -0.15) is 0 Å². The van der Waals surface area contributed by atoms with E-state index in [0.717, 1.165) is 21.5 Å². The molecule has 0 spiro atoms. The van der Waals surface area contributed by atoms with Gasteiger partial charge in [0.1, 0.15) is 5.58 Å². The zero-order chi connectivity index (χ0) is 18.7. The van der Waals surface area contributed by atoms with Gasteiger partial charge in [-0.3, -0.25) is 9.69 Å². The molecule has 0 fully saturated rings. The Morgan fingerprint density at radius 2 is 1.85 bits per heavy atom. The quantitative estimate of drug-likeness (QED) is 0.688. The molecule has 1 heterocycles. The van der Waals surface area contributed by atoms with E-state index in [-0.39, 0.29) is 5.91 Å². The van der Waals surface area contributed by atoms with Gasteiger partial charge in [-0.05, 0) is 36.4 Å². The first-order valence-electron chi connectivity index (χ1n) is 8.18. The molecule has 26 heavy (non-hydrogen) atoms. The summed E-state index contributed by atoms with van der Waals surface area (Å²) in [7, 11) is 1.97. The normalized spacial score (nSPS) is 11.1. The number of carbonyl (C=O) groups is 1. The largest absolute Gasteiger partial charge is 0.423 e. The molecule has 0 atom stereocenters. The molecular weight excluding hydrogens is 352 g/mol. The van der Waals surface area contributed by atoms with E-state index in [1.165, 1.54) is 13.0 Å². The predicted octanol–water partition coefficient (Wildman–Crippen LogP) is 4.04. The molecule has 1 aromatic heterocycles. The maximum atomic E-state index is 11.9. The van der Waals surface area contributed by atoms with Gasteiger partial charge in [0.2, 0.25) is 5.91 Å². The van der Waals surface area contributed by atoms with Gasteiger partial charge in [0, 0.05) is 48.2 Å². The molecule has 0 saturated carbocycles. The van der Waals surface area contributed by atoms with Crippen molar-refractivity contribution in [2.45, 2.75) is 20.0 Å². The van der Waals surface area contributed by atoms with Crippen LogP contribution in [0.4, 0.5) is 5.69 Å². The highest BCUT2D eigenvalue weighted by molar-refractivity contribution is 6.31. The van der Waals surface area contributed by atoms with Crippen molar-refractivity contribution in [2.24, 2.45) is 0 Å². The van der Waals surface area contributed by atoms with Gasteiger partial charge in [-0.15, -0.1) is 0 Å². The van der Waals surface area contributed by atoms with E-state index in [4.69, 9.17) is 16.0 Å². The van der Waals surface area contributed by atoms with E-state index in [0.29, 0.717) is 24.4 Å². The van der Waals surface area contributed by atoms with Gasteiger partial charge in [0.05, 0.1) is 0 Å². The lowest BCUT2D eigenvalue weighted by atomic mass is 10.1. The lowest BCUT2D eigenvalue weighted by Crippen LogP contribution is -2.18. The monoisotopic (exact) mass is 370 g/mol. The fourth-order valence-corrected chi connectivity index (χ4v) is 3.10. The summed E-state index contributed by atoms with van der Waals surface area (Å²) in [6, 6.07) is 14.5. The third kappa shape index (κ3) is 4.31. The number of hydrogen-bond acceptors (Lipinski definition) is 4. The van der Waals surface area contributed by atoms with Crippen LogP contribution in [0.2, 0.25) is 5.02 Å². The van der Waals surface area contributed by atoms with E-state index < -0.39 is 5.63 Å². The summed E-state index contributed by atoms with van der Waals surface area (Å²) in [6.07, 6.45) is 0. The van der Waals surface area contributed by atoms with Gasteiger partial charge >= 0.3 is 5.63 Å². The van der Waals surface area contributed by atoms with Gasteiger partial charge < -0.3 is 9.73 Å². The van der Waals surface area contributed by atoms with E-state index in [9.17, 15) is 9.59 Å². The molecule has 3 rings (SSSR count). The van der Waals surface area contributed by atoms with Crippen LogP contribution in [0.5, 0.6) is 0 Å². The van der Waals surface area contributed by atoms with E-state index >= 15 is 0 Å². The van der Waals surface area contributed by atoms with E-state index in [1.807, 2.05) is 37.4 Å². The number of halogens is 1. The highest BCUT2D eigenvalue weighted by Crippen LogP contribution is 2.23. The number of fused-ring (bicyclic) bond motifs is 1. The Kier molecular flexibility index (Phi) is 5.40. The Morgan fingerprint density at radius 1 is 1.12 bits per heavy atom. The second-order valence-corrected chi connectivity index (χ2v) is 6.65. The summed E-state index contributed by atoms with van der Waals surface area (Å²) >= 11 is 6.22. The zero-order valence-electron chi connectivity index (χ0n) is 14.6. The summed E-state index contributed by atoms with van der Waals surface area (Å²) in [5.41, 5.74) is 2.51. The number of nitrogens with one attached hydrogen (secondary N) is 1. The van der Waals surface area contributed by atoms with Crippen LogP contribution in [-0.4, -0.2) is 17.9 Å². The van der Waals surface area contributed by atoms with Crippen LogP contribution >= 0.6 is 11.6 Å². The lowest BCUT2D eigenvalue weighted by molar-refractivity contribution is -0.114. The summed E-state index contributed by atoms with van der Waals surface area (Å²) < 4.78 is 5.30. The molecule has 134 valence electrons. The number of anilines is 1. The molecule has 0 aliphatic rings. The Bertz CT molecular complexity index is 1010. The second-order valence-electron chi connectivity index (χ2n) is 6.25. The molecule has 6 heteroatoms. The van der Waals surface area contributed by atoms with Gasteiger partial charge in [-0.1, -0.05) is 29.8 Å². The van der Waals surface area contributed by atoms with Crippen LogP contribution in [0.15, 0.2) is 57.7 Å². The Hall–Kier alpha value is -2.63. The fourth-order valence-electron chi connectivity index (χ4n) is 2.91. The molecule has 0 radical (unpaired) electrons. The summed E-state index contributed by atoms with van der Waals surface area (Å²) in [5, 5.41) is 4.25. The Balaban J connectivity index is 1.88. The topological polar surface area (TPSA) is 62.6 Å². The molecule has 0 aliphatic carbocycles. The average molecular weight is 371 g/mol. The van der Waals surface area contributed by atoms with Crippen molar-refractivity contribution in [3.8, 4) is 0 Å². The highest BCUT2D eigenvalue weighted by Gasteiger charge is 2.11. The van der Waals surface area contributed by atoms with Crippen LogP contribution in [0.25, 0.3) is 11.0 Å². The second kappa shape index (κ2) is 7.72. The van der Waals surface area contributed by atoms with Crippen LogP contribution in [0, 0.1) is 0 Å². The first-order chi connectivity index (χ1) is 12.4. The first-order valence-corrected chi connectivity index (χ1v) is 8.56. The van der Waals surface area contributed by atoms with Gasteiger partial charge in [0.25, 0.3) is 0 Å². The van der Waals surface area contributed by atoms with Crippen molar-refractivity contribution in [3.63, 3.8) is 0 Å². The van der Waals surface area contributed by atoms with Crippen molar-refractivity contribution in [1.29, 1.82) is 0 Å². The fraction of sp³-hybridized carbons (Fsp3) is 0.200. The summed E-state index contributed by atoms with van der Waals surface area (Å²) in [6.45, 7) is 2.65. The molecule has 0 unspecified atom stereocenters. The van der Waals surface area contributed by atoms with E-state index in [1.54, 1.807) is 12.1 Å². The number of hydrogen-bond donors (Lipinski definition) is 1. The van der Waals surface area contributed by atoms with Crippen LogP contribution in [-0.2, 0) is 17.9 Å². The molecule has 5 nitrogen and oxygen atoms in total. The Labute approximate surface area is 156 Å². The lowest BCUT2D eigenvalue weighted by Gasteiger charge is -2.18. The SMILES string of the molecule is CC(=O)Nc1ccc2c(CN(C)Cc3ccccc3Cl)cc(=O)oc2c1. The standard InChI is InChI=1S/C20H19ClN2O3/c1-13(24)22-16-7-8-17-15(9-20(25)26-19(17)10-16)12-23(2)11-14-5-3-4-6-18(14)21/h3-10H,11-12H2,1-2H3,(H,22,24). The third-order valence-electron chi connectivity index (χ3n) is 3.99. The third-order valence-corrected chi connectivity index (χ3v) is 4.36. The molecule has 0 bridgehead atoms. The minimum absolute atomic E-state index is 0.178. The number of carbonyl (C=O) groups excluding carboxylic acids is 1. The maximum absolute atomic E-state index is 11.9. The average Bonchev–Trinajstić information content (AvgIpc) is 2.56. The number of rotatable bonds is 5. The zero-order valence-corrected chi connectivity index (χ0v) is 15.3. The molecule has 0 aliphatic heterocycles. The highest BCUT2D eigenvalue weighted by atomic mass is 35.5. The van der Waals surface area contributed by atoms with Crippen molar-refractivity contribution < 1.29 is 9.21 Å². The first kappa shape index (κ1) is 18.2. The van der Waals surface area contributed by atoms with Crippen LogP contribution < -0.4 is 10.9 Å². The molecule has 0 saturated heterocycles. The molecular formula is C20H19ClN2O3. The molecule has 1 N–H and O–H groups in total. The van der Waals surface area contributed by atoms with Crippen LogP contribution in [0.3, 0.4) is 0 Å². The number of amides is 1. The van der Waals surface area contributed by atoms with E-state index in [2.05, 4.69) is 10.2 Å².